The number of hydrogen-bond donors (Lipinski definition) is 2. The lowest BCUT2D eigenvalue weighted by atomic mass is 10.1. The first-order chi connectivity index (χ1) is 11.4. The molecule has 1 atom stereocenters. The van der Waals surface area contributed by atoms with Crippen LogP contribution in [0.5, 0.6) is 0 Å². The lowest BCUT2D eigenvalue weighted by Crippen LogP contribution is -2.26. The van der Waals surface area contributed by atoms with Gasteiger partial charge in [0.25, 0.3) is 5.91 Å². The zero-order valence-corrected chi connectivity index (χ0v) is 14.1. The number of rotatable bonds is 5. The van der Waals surface area contributed by atoms with Crippen molar-refractivity contribution in [3.8, 4) is 6.07 Å². The molecule has 0 fully saturated rings. The van der Waals surface area contributed by atoms with Crippen molar-refractivity contribution in [2.45, 2.75) is 17.9 Å². The summed E-state index contributed by atoms with van der Waals surface area (Å²) in [6, 6.07) is 14.4. The number of nitriles is 1. The zero-order valence-electron chi connectivity index (χ0n) is 13.3. The van der Waals surface area contributed by atoms with Crippen LogP contribution in [0.15, 0.2) is 53.4 Å². The van der Waals surface area contributed by atoms with E-state index in [2.05, 4.69) is 10.0 Å². The van der Waals surface area contributed by atoms with Gasteiger partial charge < -0.3 is 5.32 Å². The molecule has 2 rings (SSSR count). The quantitative estimate of drug-likeness (QED) is 0.867. The van der Waals surface area contributed by atoms with Gasteiger partial charge in [0.15, 0.2) is 0 Å². The van der Waals surface area contributed by atoms with Crippen LogP contribution in [0.2, 0.25) is 0 Å². The lowest BCUT2D eigenvalue weighted by Gasteiger charge is -2.14. The minimum absolute atomic E-state index is 0.0988. The van der Waals surface area contributed by atoms with E-state index in [4.69, 9.17) is 5.26 Å². The van der Waals surface area contributed by atoms with Crippen molar-refractivity contribution < 1.29 is 13.2 Å². The molecular formula is C17H17N3O3S. The number of hydrogen-bond acceptors (Lipinski definition) is 4. The molecule has 1 unspecified atom stereocenters. The van der Waals surface area contributed by atoms with Crippen LogP contribution in [0.3, 0.4) is 0 Å². The summed E-state index contributed by atoms with van der Waals surface area (Å²) in [6.07, 6.45) is 0. The van der Waals surface area contributed by atoms with Crippen LogP contribution < -0.4 is 10.0 Å². The van der Waals surface area contributed by atoms with Gasteiger partial charge in [-0.3, -0.25) is 4.79 Å². The van der Waals surface area contributed by atoms with Crippen molar-refractivity contribution in [1.29, 1.82) is 5.26 Å². The molecule has 0 saturated heterocycles. The summed E-state index contributed by atoms with van der Waals surface area (Å²) in [5.74, 6) is -0.305. The maximum absolute atomic E-state index is 12.3. The van der Waals surface area contributed by atoms with Gasteiger partial charge in [0.05, 0.1) is 22.6 Å². The second kappa shape index (κ2) is 7.25. The van der Waals surface area contributed by atoms with E-state index >= 15 is 0 Å². The van der Waals surface area contributed by atoms with Gasteiger partial charge in [0.2, 0.25) is 10.0 Å². The predicted molar refractivity (Wildman–Crippen MR) is 89.7 cm³/mol. The fourth-order valence-corrected chi connectivity index (χ4v) is 2.84. The molecule has 0 bridgehead atoms. The Morgan fingerprint density at radius 2 is 1.67 bits per heavy atom. The van der Waals surface area contributed by atoms with Gasteiger partial charge in [-0.2, -0.15) is 5.26 Å². The van der Waals surface area contributed by atoms with Crippen LogP contribution in [0.1, 0.15) is 34.5 Å². The van der Waals surface area contributed by atoms with E-state index in [1.807, 2.05) is 13.0 Å². The summed E-state index contributed by atoms with van der Waals surface area (Å²) in [5.41, 5.74) is 1.79. The first kappa shape index (κ1) is 17.7. The molecule has 0 saturated carbocycles. The Labute approximate surface area is 141 Å². The predicted octanol–water partition coefficient (Wildman–Crippen LogP) is 1.96. The maximum Gasteiger partial charge on any atom is 0.251 e. The van der Waals surface area contributed by atoms with E-state index in [-0.39, 0.29) is 16.8 Å². The molecule has 0 spiro atoms. The Hall–Kier alpha value is -2.69. The van der Waals surface area contributed by atoms with Crippen molar-refractivity contribution in [2.75, 3.05) is 7.05 Å². The van der Waals surface area contributed by atoms with Crippen molar-refractivity contribution in [3.63, 3.8) is 0 Å². The largest absolute Gasteiger partial charge is 0.346 e. The van der Waals surface area contributed by atoms with Gasteiger partial charge in [-0.25, -0.2) is 13.1 Å². The van der Waals surface area contributed by atoms with Gasteiger partial charge in [0, 0.05) is 5.56 Å². The topological polar surface area (TPSA) is 99.1 Å². The molecule has 2 aromatic rings. The van der Waals surface area contributed by atoms with Crippen molar-refractivity contribution in [3.05, 3.63) is 65.2 Å². The van der Waals surface area contributed by atoms with Crippen molar-refractivity contribution in [1.82, 2.24) is 10.0 Å². The Morgan fingerprint density at radius 1 is 1.08 bits per heavy atom. The van der Waals surface area contributed by atoms with E-state index in [0.717, 1.165) is 5.56 Å². The Bertz CT molecular complexity index is 867. The normalized spacial score (nSPS) is 12.2. The smallest absolute Gasteiger partial charge is 0.251 e. The molecule has 0 aliphatic heterocycles. The molecule has 2 N–H and O–H groups in total. The van der Waals surface area contributed by atoms with Crippen molar-refractivity contribution >= 4 is 15.9 Å². The third kappa shape index (κ3) is 3.98. The highest BCUT2D eigenvalue weighted by molar-refractivity contribution is 7.89. The van der Waals surface area contributed by atoms with Crippen LogP contribution in [0, 0.1) is 11.3 Å². The van der Waals surface area contributed by atoms with Gasteiger partial charge in [-0.05, 0) is 55.9 Å². The number of carbonyl (C=O) groups excluding carboxylic acids is 1. The summed E-state index contributed by atoms with van der Waals surface area (Å²) >= 11 is 0. The molecule has 0 radical (unpaired) electrons. The molecule has 7 heteroatoms. The van der Waals surface area contributed by atoms with E-state index in [1.54, 1.807) is 24.3 Å². The molecule has 0 aromatic heterocycles. The second-order valence-corrected chi connectivity index (χ2v) is 7.05. The number of amides is 1. The fraction of sp³-hybridized carbons (Fsp3) is 0.176. The standard InChI is InChI=1S/C17H17N3O3S/c1-12(14-5-3-13(11-18)4-6-14)20-17(21)15-7-9-16(10-8-15)24(22,23)19-2/h3-10,12,19H,1-2H3,(H,20,21). The van der Waals surface area contributed by atoms with Gasteiger partial charge in [0.1, 0.15) is 0 Å². The van der Waals surface area contributed by atoms with Gasteiger partial charge in [-0.1, -0.05) is 12.1 Å². The third-order valence-electron chi connectivity index (χ3n) is 3.58. The number of benzene rings is 2. The average Bonchev–Trinajstić information content (AvgIpc) is 2.61. The minimum atomic E-state index is -3.52. The Kier molecular flexibility index (Phi) is 5.34. The molecule has 2 aromatic carbocycles. The molecule has 1 amide bonds. The second-order valence-electron chi connectivity index (χ2n) is 5.16. The van der Waals surface area contributed by atoms with Crippen LogP contribution in [-0.4, -0.2) is 21.4 Å². The summed E-state index contributed by atoms with van der Waals surface area (Å²) < 4.78 is 25.5. The molecule has 0 aliphatic rings. The summed E-state index contributed by atoms with van der Waals surface area (Å²) in [5, 5.41) is 11.6. The van der Waals surface area contributed by atoms with Crippen LogP contribution in [0.25, 0.3) is 0 Å². The van der Waals surface area contributed by atoms with E-state index < -0.39 is 10.0 Å². The van der Waals surface area contributed by atoms with Crippen LogP contribution in [0.4, 0.5) is 0 Å². The summed E-state index contributed by atoms with van der Waals surface area (Å²) in [7, 11) is -2.19. The number of nitrogens with one attached hydrogen (secondary N) is 2. The molecule has 124 valence electrons. The average molecular weight is 343 g/mol. The van der Waals surface area contributed by atoms with Crippen molar-refractivity contribution in [2.24, 2.45) is 0 Å². The van der Waals surface area contributed by atoms with Gasteiger partial charge in [-0.15, -0.1) is 0 Å². The first-order valence-electron chi connectivity index (χ1n) is 7.22. The fourth-order valence-electron chi connectivity index (χ4n) is 2.11. The monoisotopic (exact) mass is 343 g/mol. The van der Waals surface area contributed by atoms with E-state index in [1.165, 1.54) is 31.3 Å². The summed E-state index contributed by atoms with van der Waals surface area (Å²) in [6.45, 7) is 1.83. The van der Waals surface area contributed by atoms with Gasteiger partial charge >= 0.3 is 0 Å². The number of sulfonamides is 1. The summed E-state index contributed by atoms with van der Waals surface area (Å²) in [4.78, 5) is 12.4. The third-order valence-corrected chi connectivity index (χ3v) is 5.01. The zero-order chi connectivity index (χ0) is 17.7. The van der Waals surface area contributed by atoms with E-state index in [0.29, 0.717) is 11.1 Å². The maximum atomic E-state index is 12.3. The van der Waals surface area contributed by atoms with E-state index in [9.17, 15) is 13.2 Å². The number of carbonyl (C=O) groups is 1. The molecule has 0 heterocycles. The van der Waals surface area contributed by atoms with Crippen LogP contribution >= 0.6 is 0 Å². The highest BCUT2D eigenvalue weighted by Gasteiger charge is 2.14. The number of nitrogens with zero attached hydrogens (tertiary/aromatic N) is 1. The highest BCUT2D eigenvalue weighted by Crippen LogP contribution is 2.15. The molecule has 24 heavy (non-hydrogen) atoms. The lowest BCUT2D eigenvalue weighted by molar-refractivity contribution is 0.0940. The first-order valence-corrected chi connectivity index (χ1v) is 8.70. The Balaban J connectivity index is 2.10. The molecule has 0 aliphatic carbocycles. The SMILES string of the molecule is CNS(=O)(=O)c1ccc(C(=O)NC(C)c2ccc(C#N)cc2)cc1. The molecule has 6 nitrogen and oxygen atoms in total. The van der Waals surface area contributed by atoms with Crippen LogP contribution in [-0.2, 0) is 10.0 Å². The minimum Gasteiger partial charge on any atom is -0.346 e. The molecular weight excluding hydrogens is 326 g/mol. The Morgan fingerprint density at radius 3 is 2.17 bits per heavy atom. The highest BCUT2D eigenvalue weighted by atomic mass is 32.2.